The van der Waals surface area contributed by atoms with Crippen LogP contribution in [-0.2, 0) is 9.53 Å². The molecular weight excluding hydrogens is 485 g/mol. The van der Waals surface area contributed by atoms with Crippen molar-refractivity contribution in [2.24, 2.45) is 4.99 Å². The smallest absolute Gasteiger partial charge is 0.363 e. The number of aliphatic imine (C=N–C) groups is 1. The quantitative estimate of drug-likeness (QED) is 0.222. The molecule has 0 bridgehead atoms. The van der Waals surface area contributed by atoms with E-state index in [0.717, 1.165) is 27.7 Å². The molecule has 0 atom stereocenters. The number of nitrogens with zero attached hydrogens (tertiary/aromatic N) is 1. The van der Waals surface area contributed by atoms with Gasteiger partial charge in [0.1, 0.15) is 5.75 Å². The van der Waals surface area contributed by atoms with Crippen LogP contribution < -0.4 is 14.2 Å². The van der Waals surface area contributed by atoms with E-state index in [-0.39, 0.29) is 11.6 Å². The summed E-state index contributed by atoms with van der Waals surface area (Å²) in [6.07, 6.45) is 3.71. The number of unbranched alkanes of at least 4 members (excludes halogenated alkanes) is 1. The molecule has 7 heteroatoms. The highest BCUT2D eigenvalue weighted by molar-refractivity contribution is 14.1. The number of esters is 1. The van der Waals surface area contributed by atoms with E-state index in [1.165, 1.54) is 0 Å². The standard InChI is InChI=1S/C22H22INO5/c1-4-5-10-28-20-17(23)11-14(13-19(20)27-3)12-18-22(25)29-21(24-18)15-6-8-16(26-2)9-7-15/h6-9,11-13H,4-5,10H2,1-3H3/b18-12+. The molecule has 0 aromatic heterocycles. The predicted octanol–water partition coefficient (Wildman–Crippen LogP) is 4.83. The first-order valence-corrected chi connectivity index (χ1v) is 10.3. The van der Waals surface area contributed by atoms with Crippen molar-refractivity contribution in [2.75, 3.05) is 20.8 Å². The number of cyclic esters (lactones) is 1. The number of benzene rings is 2. The molecule has 0 saturated carbocycles. The molecule has 0 amide bonds. The van der Waals surface area contributed by atoms with E-state index in [0.29, 0.717) is 23.7 Å². The van der Waals surface area contributed by atoms with Crippen molar-refractivity contribution in [2.45, 2.75) is 19.8 Å². The Kier molecular flexibility index (Phi) is 7.13. The molecule has 0 aliphatic carbocycles. The Morgan fingerprint density at radius 3 is 2.55 bits per heavy atom. The number of methoxy groups -OCH3 is 2. The van der Waals surface area contributed by atoms with Gasteiger partial charge in [-0.1, -0.05) is 13.3 Å². The van der Waals surface area contributed by atoms with E-state index in [1.54, 1.807) is 44.6 Å². The molecule has 0 spiro atoms. The Balaban J connectivity index is 1.87. The van der Waals surface area contributed by atoms with E-state index in [9.17, 15) is 4.79 Å². The Morgan fingerprint density at radius 1 is 1.14 bits per heavy atom. The van der Waals surface area contributed by atoms with Crippen LogP contribution in [0.2, 0.25) is 0 Å². The van der Waals surface area contributed by atoms with E-state index in [4.69, 9.17) is 18.9 Å². The second kappa shape index (κ2) is 9.78. The minimum Gasteiger partial charge on any atom is -0.497 e. The number of rotatable bonds is 8. The molecule has 2 aromatic carbocycles. The highest BCUT2D eigenvalue weighted by Gasteiger charge is 2.24. The molecule has 2 aromatic rings. The maximum atomic E-state index is 12.3. The van der Waals surface area contributed by atoms with Crippen LogP contribution in [0.5, 0.6) is 17.2 Å². The molecule has 0 N–H and O–H groups in total. The molecule has 1 aliphatic heterocycles. The van der Waals surface area contributed by atoms with Crippen LogP contribution >= 0.6 is 22.6 Å². The van der Waals surface area contributed by atoms with E-state index >= 15 is 0 Å². The molecule has 152 valence electrons. The van der Waals surface area contributed by atoms with E-state index < -0.39 is 5.97 Å². The topological polar surface area (TPSA) is 66.3 Å². The monoisotopic (exact) mass is 507 g/mol. The van der Waals surface area contributed by atoms with Crippen molar-refractivity contribution in [3.63, 3.8) is 0 Å². The van der Waals surface area contributed by atoms with Gasteiger partial charge in [-0.3, -0.25) is 0 Å². The normalized spacial score (nSPS) is 14.6. The second-order valence-electron chi connectivity index (χ2n) is 6.30. The number of hydrogen-bond acceptors (Lipinski definition) is 6. The number of halogens is 1. The van der Waals surface area contributed by atoms with Crippen LogP contribution in [-0.4, -0.2) is 32.7 Å². The van der Waals surface area contributed by atoms with Gasteiger partial charge in [-0.2, -0.15) is 0 Å². The van der Waals surface area contributed by atoms with Gasteiger partial charge in [0.15, 0.2) is 17.2 Å². The molecule has 0 unspecified atom stereocenters. The molecule has 6 nitrogen and oxygen atoms in total. The minimum atomic E-state index is -0.493. The lowest BCUT2D eigenvalue weighted by molar-refractivity contribution is -0.129. The average Bonchev–Trinajstić information content (AvgIpc) is 3.09. The van der Waals surface area contributed by atoms with Crippen molar-refractivity contribution in [3.8, 4) is 17.2 Å². The van der Waals surface area contributed by atoms with Crippen molar-refractivity contribution in [1.82, 2.24) is 0 Å². The van der Waals surface area contributed by atoms with Crippen molar-refractivity contribution < 1.29 is 23.7 Å². The van der Waals surface area contributed by atoms with Gasteiger partial charge >= 0.3 is 5.97 Å². The maximum Gasteiger partial charge on any atom is 0.363 e. The summed E-state index contributed by atoms with van der Waals surface area (Å²) in [5.41, 5.74) is 1.71. The predicted molar refractivity (Wildman–Crippen MR) is 120 cm³/mol. The first-order valence-electron chi connectivity index (χ1n) is 9.23. The summed E-state index contributed by atoms with van der Waals surface area (Å²) in [6, 6.07) is 10.9. The van der Waals surface area contributed by atoms with Gasteiger partial charge in [0.25, 0.3) is 0 Å². The van der Waals surface area contributed by atoms with Crippen LogP contribution in [0.25, 0.3) is 6.08 Å². The summed E-state index contributed by atoms with van der Waals surface area (Å²) < 4.78 is 22.7. The summed E-state index contributed by atoms with van der Waals surface area (Å²) in [7, 11) is 3.19. The fraction of sp³-hybridized carbons (Fsp3) is 0.273. The molecule has 0 radical (unpaired) electrons. The maximum absolute atomic E-state index is 12.3. The summed E-state index contributed by atoms with van der Waals surface area (Å²) in [5, 5.41) is 0. The first kappa shape index (κ1) is 21.2. The highest BCUT2D eigenvalue weighted by Crippen LogP contribution is 2.35. The summed E-state index contributed by atoms with van der Waals surface area (Å²) >= 11 is 2.20. The lowest BCUT2D eigenvalue weighted by atomic mass is 10.1. The zero-order valence-electron chi connectivity index (χ0n) is 16.5. The third kappa shape index (κ3) is 5.09. The summed E-state index contributed by atoms with van der Waals surface area (Å²) in [4.78, 5) is 16.6. The van der Waals surface area contributed by atoms with E-state index in [2.05, 4.69) is 34.5 Å². The first-order chi connectivity index (χ1) is 14.0. The second-order valence-corrected chi connectivity index (χ2v) is 7.46. The molecule has 1 heterocycles. The number of carbonyl (C=O) groups excluding carboxylic acids is 1. The van der Waals surface area contributed by atoms with Gasteiger partial charge < -0.3 is 18.9 Å². The Hall–Kier alpha value is -2.55. The third-order valence-corrected chi connectivity index (χ3v) is 5.06. The van der Waals surface area contributed by atoms with Crippen LogP contribution in [0.3, 0.4) is 0 Å². The van der Waals surface area contributed by atoms with Crippen LogP contribution in [0.4, 0.5) is 0 Å². The number of carbonyl (C=O) groups is 1. The van der Waals surface area contributed by atoms with Gasteiger partial charge in [-0.05, 0) is 77.0 Å². The third-order valence-electron chi connectivity index (χ3n) is 4.26. The van der Waals surface area contributed by atoms with Gasteiger partial charge in [0, 0.05) is 5.56 Å². The van der Waals surface area contributed by atoms with Gasteiger partial charge in [0.2, 0.25) is 5.90 Å². The molecular formula is C22H22INO5. The van der Waals surface area contributed by atoms with Crippen LogP contribution in [0, 0.1) is 3.57 Å². The fourth-order valence-corrected chi connectivity index (χ4v) is 3.49. The number of hydrogen-bond donors (Lipinski definition) is 0. The molecule has 0 saturated heterocycles. The SMILES string of the molecule is CCCCOc1c(I)cc(/C=C2/N=C(c3ccc(OC)cc3)OC2=O)cc1OC. The van der Waals surface area contributed by atoms with Gasteiger partial charge in [0.05, 0.1) is 24.4 Å². The van der Waals surface area contributed by atoms with Gasteiger partial charge in [-0.15, -0.1) is 0 Å². The van der Waals surface area contributed by atoms with Crippen molar-refractivity contribution in [3.05, 3.63) is 56.8 Å². The molecule has 1 aliphatic rings. The Bertz CT molecular complexity index is 950. The Morgan fingerprint density at radius 2 is 1.90 bits per heavy atom. The lowest BCUT2D eigenvalue weighted by Crippen LogP contribution is -2.05. The van der Waals surface area contributed by atoms with Crippen molar-refractivity contribution in [1.29, 1.82) is 0 Å². The lowest BCUT2D eigenvalue weighted by Gasteiger charge is -2.13. The molecule has 3 rings (SSSR count). The molecule has 29 heavy (non-hydrogen) atoms. The van der Waals surface area contributed by atoms with Gasteiger partial charge in [-0.25, -0.2) is 9.79 Å². The number of ether oxygens (including phenoxy) is 4. The highest BCUT2D eigenvalue weighted by atomic mass is 127. The van der Waals surface area contributed by atoms with Crippen LogP contribution in [0.1, 0.15) is 30.9 Å². The average molecular weight is 507 g/mol. The van der Waals surface area contributed by atoms with Crippen LogP contribution in [0.15, 0.2) is 47.1 Å². The van der Waals surface area contributed by atoms with E-state index in [1.807, 2.05) is 12.1 Å². The molecule has 0 fully saturated rings. The Labute approximate surface area is 183 Å². The fourth-order valence-electron chi connectivity index (χ4n) is 2.71. The van der Waals surface area contributed by atoms with Crippen molar-refractivity contribution >= 4 is 40.5 Å². The zero-order chi connectivity index (χ0) is 20.8. The minimum absolute atomic E-state index is 0.230. The summed E-state index contributed by atoms with van der Waals surface area (Å²) in [5.74, 6) is 1.82. The summed E-state index contributed by atoms with van der Waals surface area (Å²) in [6.45, 7) is 2.74. The largest absolute Gasteiger partial charge is 0.497 e. The zero-order valence-corrected chi connectivity index (χ0v) is 18.7.